The maximum absolute atomic E-state index is 6.08. The first-order chi connectivity index (χ1) is 13.9. The molecule has 3 rings (SSSR count). The fourth-order valence-corrected chi connectivity index (χ4v) is 3.43. The molecule has 3 aromatic rings. The lowest BCUT2D eigenvalue weighted by Gasteiger charge is -2.11. The fraction of sp³-hybridized carbons (Fsp3) is 0.286. The van der Waals surface area contributed by atoms with Crippen LogP contribution in [0.4, 0.5) is 5.69 Å². The minimum Gasteiger partial charge on any atom is -0.430 e. The summed E-state index contributed by atoms with van der Waals surface area (Å²) in [7, 11) is 1.99. The minimum atomic E-state index is 0.504. The highest BCUT2D eigenvalue weighted by Gasteiger charge is 2.11. The Labute approximate surface area is 185 Å². The number of nitrogens with zero attached hydrogens (tertiary/aromatic N) is 4. The van der Waals surface area contributed by atoms with Crippen LogP contribution in [0.3, 0.4) is 0 Å². The third-order valence-electron chi connectivity index (χ3n) is 4.38. The first-order valence-corrected chi connectivity index (χ1v) is 10.7. The van der Waals surface area contributed by atoms with Crippen molar-refractivity contribution in [3.63, 3.8) is 0 Å². The molecule has 0 unspecified atom stereocenters. The second-order valence-corrected chi connectivity index (χ2v) is 8.25. The van der Waals surface area contributed by atoms with Gasteiger partial charge in [-0.15, -0.1) is 0 Å². The van der Waals surface area contributed by atoms with Crippen molar-refractivity contribution in [2.24, 2.45) is 4.99 Å². The molecule has 1 aromatic heterocycles. The van der Waals surface area contributed by atoms with Gasteiger partial charge in [0.15, 0.2) is 5.82 Å². The molecule has 29 heavy (non-hydrogen) atoms. The van der Waals surface area contributed by atoms with Gasteiger partial charge in [0.2, 0.25) is 0 Å². The maximum Gasteiger partial charge on any atom is 0.298 e. The van der Waals surface area contributed by atoms with Gasteiger partial charge in [-0.1, -0.05) is 29.3 Å². The van der Waals surface area contributed by atoms with E-state index in [0.29, 0.717) is 27.5 Å². The number of rotatable bonds is 7. The molecule has 0 fully saturated rings. The van der Waals surface area contributed by atoms with Crippen molar-refractivity contribution in [3.05, 3.63) is 62.9 Å². The molecule has 0 radical (unpaired) electrons. The number of hydrogen-bond acceptors (Lipinski definition) is 5. The van der Waals surface area contributed by atoms with Crippen LogP contribution in [0.1, 0.15) is 29.4 Å². The summed E-state index contributed by atoms with van der Waals surface area (Å²) in [6, 6.07) is 9.51. The second kappa shape index (κ2) is 9.57. The Balaban J connectivity index is 1.72. The summed E-state index contributed by atoms with van der Waals surface area (Å²) in [4.78, 5) is 11.1. The van der Waals surface area contributed by atoms with Crippen molar-refractivity contribution in [1.29, 1.82) is 0 Å². The normalized spacial score (nSPS) is 11.2. The summed E-state index contributed by atoms with van der Waals surface area (Å²) in [5, 5.41) is 1.56. The highest BCUT2D eigenvalue weighted by atomic mass is 35.5. The van der Waals surface area contributed by atoms with Crippen molar-refractivity contribution in [1.82, 2.24) is 14.3 Å². The first-order valence-electron chi connectivity index (χ1n) is 9.15. The van der Waals surface area contributed by atoms with Gasteiger partial charge in [0.1, 0.15) is 5.75 Å². The Morgan fingerprint density at radius 2 is 1.93 bits per heavy atom. The SMILES string of the molecule is CCN(C)C=Nc1cc(C)c(Oc2nc(Cc3ccc(Cl)c(Cl)c3)ns2)cc1C. The summed E-state index contributed by atoms with van der Waals surface area (Å²) >= 11 is 13.3. The molecule has 0 aliphatic carbocycles. The van der Waals surface area contributed by atoms with Gasteiger partial charge in [-0.3, -0.25) is 0 Å². The van der Waals surface area contributed by atoms with Gasteiger partial charge in [-0.2, -0.15) is 9.36 Å². The first kappa shape index (κ1) is 21.6. The molecule has 1 heterocycles. The van der Waals surface area contributed by atoms with Crippen LogP contribution in [0.5, 0.6) is 10.9 Å². The van der Waals surface area contributed by atoms with Crippen LogP contribution in [0.25, 0.3) is 0 Å². The zero-order valence-corrected chi connectivity index (χ0v) is 19.1. The van der Waals surface area contributed by atoms with Crippen molar-refractivity contribution in [2.45, 2.75) is 27.2 Å². The molecule has 0 amide bonds. The Kier molecular flexibility index (Phi) is 7.11. The van der Waals surface area contributed by atoms with E-state index in [4.69, 9.17) is 27.9 Å². The van der Waals surface area contributed by atoms with Crippen LogP contribution < -0.4 is 4.74 Å². The quantitative estimate of drug-likeness (QED) is 0.307. The maximum atomic E-state index is 6.08. The van der Waals surface area contributed by atoms with E-state index >= 15 is 0 Å². The number of aromatic nitrogens is 2. The zero-order chi connectivity index (χ0) is 21.0. The third-order valence-corrected chi connectivity index (χ3v) is 5.75. The average Bonchev–Trinajstić information content (AvgIpc) is 3.12. The molecule has 2 aromatic carbocycles. The lowest BCUT2D eigenvalue weighted by molar-refractivity contribution is 0.473. The van der Waals surface area contributed by atoms with Gasteiger partial charge < -0.3 is 9.64 Å². The van der Waals surface area contributed by atoms with Crippen LogP contribution in [0.2, 0.25) is 10.0 Å². The molecule has 0 aliphatic heterocycles. The number of hydrogen-bond donors (Lipinski definition) is 0. The number of benzene rings is 2. The molecular formula is C21H22Cl2N4OS. The largest absolute Gasteiger partial charge is 0.430 e. The van der Waals surface area contributed by atoms with E-state index in [-0.39, 0.29) is 0 Å². The molecule has 0 bridgehead atoms. The molecule has 0 aliphatic rings. The molecular weight excluding hydrogens is 427 g/mol. The van der Waals surface area contributed by atoms with E-state index in [1.54, 1.807) is 6.07 Å². The molecule has 8 heteroatoms. The number of ether oxygens (including phenoxy) is 1. The van der Waals surface area contributed by atoms with Crippen LogP contribution in [0, 0.1) is 13.8 Å². The number of aliphatic imine (C=N–C) groups is 1. The van der Waals surface area contributed by atoms with E-state index in [0.717, 1.165) is 34.7 Å². The van der Waals surface area contributed by atoms with Crippen LogP contribution in [-0.2, 0) is 6.42 Å². The summed E-state index contributed by atoms with van der Waals surface area (Å²) in [6.07, 6.45) is 2.40. The third kappa shape index (κ3) is 5.69. The number of halogens is 2. The van der Waals surface area contributed by atoms with Crippen molar-refractivity contribution in [3.8, 4) is 10.9 Å². The molecule has 0 N–H and O–H groups in total. The fourth-order valence-electron chi connectivity index (χ4n) is 2.54. The van der Waals surface area contributed by atoms with Crippen LogP contribution in [0.15, 0.2) is 35.3 Å². The summed E-state index contributed by atoms with van der Waals surface area (Å²) < 4.78 is 10.4. The lowest BCUT2D eigenvalue weighted by atomic mass is 10.1. The van der Waals surface area contributed by atoms with Gasteiger partial charge in [0.25, 0.3) is 5.19 Å². The van der Waals surface area contributed by atoms with Gasteiger partial charge in [-0.05, 0) is 61.7 Å². The molecule has 0 saturated heterocycles. The summed E-state index contributed by atoms with van der Waals surface area (Å²) in [5.41, 5.74) is 3.94. The lowest BCUT2D eigenvalue weighted by Crippen LogP contribution is -2.14. The predicted molar refractivity (Wildman–Crippen MR) is 122 cm³/mol. The van der Waals surface area contributed by atoms with E-state index in [2.05, 4.69) is 21.3 Å². The van der Waals surface area contributed by atoms with E-state index < -0.39 is 0 Å². The topological polar surface area (TPSA) is 50.6 Å². The van der Waals surface area contributed by atoms with Crippen molar-refractivity contribution < 1.29 is 4.74 Å². The molecule has 152 valence electrons. The van der Waals surface area contributed by atoms with Gasteiger partial charge >= 0.3 is 0 Å². The number of aryl methyl sites for hydroxylation is 2. The average molecular weight is 449 g/mol. The minimum absolute atomic E-state index is 0.504. The van der Waals surface area contributed by atoms with Crippen molar-refractivity contribution in [2.75, 3.05) is 13.6 Å². The Morgan fingerprint density at radius 1 is 1.14 bits per heavy atom. The Bertz CT molecular complexity index is 1040. The van der Waals surface area contributed by atoms with Crippen LogP contribution >= 0.6 is 34.7 Å². The smallest absolute Gasteiger partial charge is 0.298 e. The molecule has 0 spiro atoms. The Hall–Kier alpha value is -2.15. The Morgan fingerprint density at radius 3 is 2.66 bits per heavy atom. The van der Waals surface area contributed by atoms with E-state index in [9.17, 15) is 0 Å². The standard InChI is InChI=1S/C21H22Cl2N4OS/c1-5-27(4)12-24-18-8-14(3)19(9-13(18)2)28-21-25-20(26-29-21)11-15-6-7-16(22)17(23)10-15/h6-10,12H,5,11H2,1-4H3. The second-order valence-electron chi connectivity index (χ2n) is 6.73. The molecule has 0 saturated carbocycles. The van der Waals surface area contributed by atoms with E-state index in [1.807, 2.05) is 56.4 Å². The van der Waals surface area contributed by atoms with Crippen LogP contribution in [-0.4, -0.2) is 34.2 Å². The molecule has 0 atom stereocenters. The van der Waals surface area contributed by atoms with Crippen molar-refractivity contribution >= 4 is 46.8 Å². The highest BCUT2D eigenvalue weighted by molar-refractivity contribution is 7.07. The summed E-state index contributed by atoms with van der Waals surface area (Å²) in [5.74, 6) is 1.43. The predicted octanol–water partition coefficient (Wildman–Crippen LogP) is 6.46. The molecule has 5 nitrogen and oxygen atoms in total. The van der Waals surface area contributed by atoms with Gasteiger partial charge in [0, 0.05) is 31.5 Å². The van der Waals surface area contributed by atoms with Gasteiger partial charge in [0.05, 0.1) is 22.1 Å². The zero-order valence-electron chi connectivity index (χ0n) is 16.7. The monoisotopic (exact) mass is 448 g/mol. The van der Waals surface area contributed by atoms with Gasteiger partial charge in [-0.25, -0.2) is 4.99 Å². The highest BCUT2D eigenvalue weighted by Crippen LogP contribution is 2.32. The van der Waals surface area contributed by atoms with E-state index in [1.165, 1.54) is 11.5 Å². The summed E-state index contributed by atoms with van der Waals surface area (Å²) in [6.45, 7) is 7.00.